The number of amides is 6. The molecule has 1 fully saturated rings. The fourth-order valence-corrected chi connectivity index (χ4v) is 6.94. The minimum atomic E-state index is -1.56. The van der Waals surface area contributed by atoms with E-state index in [0.717, 1.165) is 59.5 Å². The molecule has 0 bridgehead atoms. The van der Waals surface area contributed by atoms with Gasteiger partial charge in [0, 0.05) is 25.9 Å². The van der Waals surface area contributed by atoms with Gasteiger partial charge in [-0.3, -0.25) is 28.8 Å². The van der Waals surface area contributed by atoms with E-state index in [1.807, 2.05) is 0 Å². The number of nitrogens with zero attached hydrogens (tertiary/aromatic N) is 2. The second-order valence-corrected chi connectivity index (χ2v) is 14.9. The van der Waals surface area contributed by atoms with Gasteiger partial charge in [-0.25, -0.2) is 9.59 Å². The number of methoxy groups -OCH3 is 2. The van der Waals surface area contributed by atoms with E-state index in [-0.39, 0.29) is 12.8 Å². The fraction of sp³-hybridized carbons (Fsp3) is 0.545. The van der Waals surface area contributed by atoms with Crippen molar-refractivity contribution in [2.75, 3.05) is 40.4 Å². The largest absolute Gasteiger partial charge is 0.467 e. The first-order chi connectivity index (χ1) is 28.9. The Morgan fingerprint density at radius 1 is 0.550 bits per heavy atom. The highest BCUT2D eigenvalue weighted by molar-refractivity contribution is 6.04. The van der Waals surface area contributed by atoms with Gasteiger partial charge in [-0.05, 0) is 24.0 Å². The third-order valence-electron chi connectivity index (χ3n) is 10.2. The number of hydrogen-bond donors (Lipinski definition) is 4. The molecule has 1 aliphatic rings. The molecule has 6 amide bonds. The van der Waals surface area contributed by atoms with Crippen molar-refractivity contribution in [2.45, 2.75) is 115 Å². The van der Waals surface area contributed by atoms with Crippen molar-refractivity contribution in [3.8, 4) is 0 Å². The smallest absolute Gasteiger partial charge is 0.328 e. The molecule has 0 spiro atoms. The number of ether oxygens (including phenoxy) is 2. The molecule has 2 aromatic carbocycles. The van der Waals surface area contributed by atoms with Gasteiger partial charge in [0.2, 0.25) is 35.4 Å². The zero-order valence-corrected chi connectivity index (χ0v) is 35.4. The SMILES string of the molecule is CCCCCCNC(=O)C[C@H]1C(=O)N(CC(=O)N[C@@H](Cc2ccccc2)C(=O)OC)[C@@H](CC(=O)NCCCCCC)C(=O)N1CC(=O)N[C@@H](Cc1ccccc1)C(=O)OC. The van der Waals surface area contributed by atoms with Crippen LogP contribution in [-0.4, -0.2) is 122 Å². The highest BCUT2D eigenvalue weighted by atomic mass is 16.5. The number of unbranched alkanes of at least 4 members (excludes halogenated alkanes) is 6. The van der Waals surface area contributed by atoms with Crippen molar-refractivity contribution in [2.24, 2.45) is 0 Å². The third kappa shape index (κ3) is 16.1. The molecule has 16 heteroatoms. The molecule has 60 heavy (non-hydrogen) atoms. The third-order valence-corrected chi connectivity index (χ3v) is 10.2. The van der Waals surface area contributed by atoms with Crippen LogP contribution < -0.4 is 21.3 Å². The summed E-state index contributed by atoms with van der Waals surface area (Å²) < 4.78 is 9.88. The van der Waals surface area contributed by atoms with Crippen LogP contribution in [0, 0.1) is 0 Å². The number of rotatable bonds is 26. The number of nitrogens with one attached hydrogen (secondary N) is 4. The molecule has 1 aliphatic heterocycles. The van der Waals surface area contributed by atoms with Crippen molar-refractivity contribution in [3.63, 3.8) is 0 Å². The lowest BCUT2D eigenvalue weighted by atomic mass is 9.98. The van der Waals surface area contributed by atoms with Gasteiger partial charge in [0.1, 0.15) is 37.3 Å². The zero-order chi connectivity index (χ0) is 43.9. The minimum Gasteiger partial charge on any atom is -0.467 e. The Kier molecular flexibility index (Phi) is 21.3. The Morgan fingerprint density at radius 2 is 0.917 bits per heavy atom. The van der Waals surface area contributed by atoms with E-state index in [9.17, 15) is 38.4 Å². The molecule has 1 saturated heterocycles. The summed E-state index contributed by atoms with van der Waals surface area (Å²) in [4.78, 5) is 111. The second-order valence-electron chi connectivity index (χ2n) is 14.9. The quantitative estimate of drug-likeness (QED) is 0.0804. The Labute approximate surface area is 352 Å². The fourth-order valence-electron chi connectivity index (χ4n) is 6.94. The molecule has 0 unspecified atom stereocenters. The summed E-state index contributed by atoms with van der Waals surface area (Å²) in [5, 5.41) is 10.8. The maximum absolute atomic E-state index is 14.6. The van der Waals surface area contributed by atoms with E-state index >= 15 is 0 Å². The molecule has 4 N–H and O–H groups in total. The highest BCUT2D eigenvalue weighted by Gasteiger charge is 2.48. The first-order valence-electron chi connectivity index (χ1n) is 20.9. The van der Waals surface area contributed by atoms with E-state index in [1.54, 1.807) is 60.7 Å². The molecule has 328 valence electrons. The van der Waals surface area contributed by atoms with Crippen LogP contribution in [0.1, 0.15) is 89.2 Å². The van der Waals surface area contributed by atoms with Crippen LogP contribution in [0.25, 0.3) is 0 Å². The summed E-state index contributed by atoms with van der Waals surface area (Å²) in [5.74, 6) is -5.97. The molecular formula is C44H62N6O10. The van der Waals surface area contributed by atoms with Gasteiger partial charge in [-0.1, -0.05) is 113 Å². The first-order valence-corrected chi connectivity index (χ1v) is 20.9. The normalized spacial score (nSPS) is 16.0. The molecule has 0 aliphatic carbocycles. The molecule has 3 rings (SSSR count). The molecule has 0 radical (unpaired) electrons. The van der Waals surface area contributed by atoms with Crippen LogP contribution in [0.4, 0.5) is 0 Å². The average molecular weight is 835 g/mol. The van der Waals surface area contributed by atoms with E-state index in [2.05, 4.69) is 35.1 Å². The monoisotopic (exact) mass is 834 g/mol. The minimum absolute atomic E-state index is 0.0662. The number of esters is 2. The molecule has 1 heterocycles. The first kappa shape index (κ1) is 48.6. The van der Waals surface area contributed by atoms with E-state index < -0.39 is 97.5 Å². The average Bonchev–Trinajstić information content (AvgIpc) is 3.24. The van der Waals surface area contributed by atoms with Crippen LogP contribution in [0.3, 0.4) is 0 Å². The van der Waals surface area contributed by atoms with Crippen LogP contribution in [0.5, 0.6) is 0 Å². The van der Waals surface area contributed by atoms with Crippen molar-refractivity contribution >= 4 is 47.4 Å². The van der Waals surface area contributed by atoms with Crippen molar-refractivity contribution in [3.05, 3.63) is 71.8 Å². The molecule has 0 aromatic heterocycles. The summed E-state index contributed by atoms with van der Waals surface area (Å²) >= 11 is 0. The van der Waals surface area contributed by atoms with Crippen molar-refractivity contribution < 1.29 is 47.8 Å². The highest BCUT2D eigenvalue weighted by Crippen LogP contribution is 2.23. The van der Waals surface area contributed by atoms with Crippen LogP contribution in [0.15, 0.2) is 60.7 Å². The van der Waals surface area contributed by atoms with Gasteiger partial charge in [0.25, 0.3) is 0 Å². The predicted molar refractivity (Wildman–Crippen MR) is 223 cm³/mol. The van der Waals surface area contributed by atoms with Crippen LogP contribution in [0.2, 0.25) is 0 Å². The Bertz CT molecular complexity index is 1600. The summed E-state index contributed by atoms with van der Waals surface area (Å²) in [6.45, 7) is 3.24. The number of carbonyl (C=O) groups excluding carboxylic acids is 8. The molecule has 0 saturated carbocycles. The summed E-state index contributed by atoms with van der Waals surface area (Å²) in [6, 6.07) is 12.3. The van der Waals surface area contributed by atoms with Crippen molar-refractivity contribution in [1.29, 1.82) is 0 Å². The Morgan fingerprint density at radius 3 is 1.25 bits per heavy atom. The van der Waals surface area contributed by atoms with Crippen LogP contribution in [-0.2, 0) is 60.7 Å². The Balaban J connectivity index is 1.96. The maximum atomic E-state index is 14.6. The van der Waals surface area contributed by atoms with Gasteiger partial charge in [0.15, 0.2) is 0 Å². The van der Waals surface area contributed by atoms with E-state index in [1.165, 1.54) is 14.2 Å². The van der Waals surface area contributed by atoms with Gasteiger partial charge in [-0.2, -0.15) is 0 Å². The van der Waals surface area contributed by atoms with Crippen LogP contribution >= 0.6 is 0 Å². The lowest BCUT2D eigenvalue weighted by Gasteiger charge is -2.44. The summed E-state index contributed by atoms with van der Waals surface area (Å²) in [7, 11) is 2.35. The van der Waals surface area contributed by atoms with E-state index in [4.69, 9.17) is 9.47 Å². The number of hydrogen-bond acceptors (Lipinski definition) is 10. The number of benzene rings is 2. The zero-order valence-electron chi connectivity index (χ0n) is 35.4. The van der Waals surface area contributed by atoms with Gasteiger partial charge < -0.3 is 40.5 Å². The lowest BCUT2D eigenvalue weighted by Crippen LogP contribution is -2.68. The van der Waals surface area contributed by atoms with Gasteiger partial charge in [0.05, 0.1) is 27.1 Å². The van der Waals surface area contributed by atoms with Gasteiger partial charge in [-0.15, -0.1) is 0 Å². The number of carbonyl (C=O) groups is 8. The standard InChI is InChI=1S/C44H62N6O10/c1-5-7-9-17-23-45-37(51)27-35-41(55)50(30-40(54)48-34(44(58)60-4)26-32-21-15-12-16-22-32)36(28-38(52)46-24-18-10-8-6-2)42(56)49(35)29-39(53)47-33(43(57)59-3)25-31-19-13-11-14-20-31/h11-16,19-22,33-36H,5-10,17-18,23-30H2,1-4H3,(H,45,51)(H,46,52)(H,47,53)(H,48,54)/t33-,34-,35-,36-/m0/s1. The molecule has 2 aromatic rings. The lowest BCUT2D eigenvalue weighted by molar-refractivity contribution is -0.166. The van der Waals surface area contributed by atoms with E-state index in [0.29, 0.717) is 25.9 Å². The maximum Gasteiger partial charge on any atom is 0.328 e. The molecule has 4 atom stereocenters. The van der Waals surface area contributed by atoms with Crippen molar-refractivity contribution in [1.82, 2.24) is 31.1 Å². The number of piperazine rings is 1. The predicted octanol–water partition coefficient (Wildman–Crippen LogP) is 2.37. The summed E-state index contributed by atoms with van der Waals surface area (Å²) in [5.41, 5.74) is 1.44. The second kappa shape index (κ2) is 26.3. The summed E-state index contributed by atoms with van der Waals surface area (Å²) in [6.07, 6.45) is 6.06. The van der Waals surface area contributed by atoms with Gasteiger partial charge >= 0.3 is 11.9 Å². The molecular weight excluding hydrogens is 773 g/mol. The topological polar surface area (TPSA) is 210 Å². The molecule has 16 nitrogen and oxygen atoms in total. The Hall–Kier alpha value is -5.80.